The molecule has 0 aliphatic carbocycles. The molecule has 72 valence electrons. The number of aromatic amines is 1. The largest absolute Gasteiger partial charge is 0.506 e. The van der Waals surface area contributed by atoms with Crippen molar-refractivity contribution in [3.63, 3.8) is 0 Å². The summed E-state index contributed by atoms with van der Waals surface area (Å²) >= 11 is 0. The number of imidazole rings is 1. The molecule has 4 heteroatoms. The van der Waals surface area contributed by atoms with Gasteiger partial charge in [0.1, 0.15) is 5.75 Å². The minimum atomic E-state index is -0.246. The molecule has 0 spiro atoms. The number of aromatic hydroxyl groups is 1. The van der Waals surface area contributed by atoms with Crippen LogP contribution >= 0.6 is 0 Å². The van der Waals surface area contributed by atoms with Crippen LogP contribution in [0, 0.1) is 6.92 Å². The maximum atomic E-state index is 11.4. The smallest absolute Gasteiger partial charge is 0.330 e. The zero-order valence-corrected chi connectivity index (χ0v) is 7.69. The Balaban J connectivity index is 2.66. The fraction of sp³-hybridized carbons (Fsp3) is 0.100. The summed E-state index contributed by atoms with van der Waals surface area (Å²) in [6.45, 7) is 1.79. The van der Waals surface area contributed by atoms with Crippen LogP contribution < -0.4 is 5.69 Å². The van der Waals surface area contributed by atoms with Gasteiger partial charge in [0.25, 0.3) is 0 Å². The molecule has 0 fully saturated rings. The predicted octanol–water partition coefficient (Wildman–Crippen LogP) is 1.18. The number of aryl methyl sites for hydroxylation is 1. The number of phenolic OH excluding ortho intramolecular Hbond substituents is 1. The minimum absolute atomic E-state index is 0.0913. The Kier molecular flexibility index (Phi) is 1.89. The summed E-state index contributed by atoms with van der Waals surface area (Å²) in [4.78, 5) is 14.0. The lowest BCUT2D eigenvalue weighted by Gasteiger charge is -2.02. The van der Waals surface area contributed by atoms with E-state index in [2.05, 4.69) is 4.98 Å². The van der Waals surface area contributed by atoms with E-state index >= 15 is 0 Å². The van der Waals surface area contributed by atoms with E-state index in [9.17, 15) is 9.90 Å². The first-order valence-corrected chi connectivity index (χ1v) is 4.25. The van der Waals surface area contributed by atoms with Crippen LogP contribution in [0.2, 0.25) is 0 Å². The zero-order valence-electron chi connectivity index (χ0n) is 7.69. The second kappa shape index (κ2) is 3.06. The third kappa shape index (κ3) is 1.31. The van der Waals surface area contributed by atoms with E-state index in [0.29, 0.717) is 5.69 Å². The number of nitrogens with one attached hydrogen (secondary N) is 1. The Hall–Kier alpha value is -1.97. The third-order valence-corrected chi connectivity index (χ3v) is 1.99. The van der Waals surface area contributed by atoms with Gasteiger partial charge in [0.05, 0.1) is 5.69 Å². The van der Waals surface area contributed by atoms with Crippen molar-refractivity contribution in [3.05, 3.63) is 46.6 Å². The van der Waals surface area contributed by atoms with Gasteiger partial charge in [0, 0.05) is 11.9 Å². The highest BCUT2D eigenvalue weighted by Crippen LogP contribution is 2.18. The van der Waals surface area contributed by atoms with E-state index in [0.717, 1.165) is 5.69 Å². The number of benzene rings is 1. The normalized spacial score (nSPS) is 10.4. The van der Waals surface area contributed by atoms with Gasteiger partial charge in [-0.3, -0.25) is 4.57 Å². The number of rotatable bonds is 1. The molecule has 0 amide bonds. The summed E-state index contributed by atoms with van der Waals surface area (Å²) < 4.78 is 1.38. The monoisotopic (exact) mass is 190 g/mol. The zero-order chi connectivity index (χ0) is 10.1. The molecule has 0 aliphatic rings. The second-order valence-electron chi connectivity index (χ2n) is 3.10. The van der Waals surface area contributed by atoms with Crippen LogP contribution in [-0.2, 0) is 0 Å². The highest BCUT2D eigenvalue weighted by atomic mass is 16.3. The van der Waals surface area contributed by atoms with E-state index in [1.54, 1.807) is 37.4 Å². The van der Waals surface area contributed by atoms with Gasteiger partial charge in [-0.2, -0.15) is 0 Å². The fourth-order valence-corrected chi connectivity index (χ4v) is 1.36. The Morgan fingerprint density at radius 2 is 2.07 bits per heavy atom. The minimum Gasteiger partial charge on any atom is -0.506 e. The maximum absolute atomic E-state index is 11.4. The first-order chi connectivity index (χ1) is 6.68. The van der Waals surface area contributed by atoms with Crippen molar-refractivity contribution < 1.29 is 5.11 Å². The van der Waals surface area contributed by atoms with Crippen molar-refractivity contribution in [1.29, 1.82) is 0 Å². The van der Waals surface area contributed by atoms with Crippen molar-refractivity contribution in [2.45, 2.75) is 6.92 Å². The lowest BCUT2D eigenvalue weighted by atomic mass is 10.3. The molecule has 0 unspecified atom stereocenters. The molecule has 2 aromatic rings. The van der Waals surface area contributed by atoms with Crippen LogP contribution in [0.1, 0.15) is 5.69 Å². The fourth-order valence-electron chi connectivity index (χ4n) is 1.36. The molecular formula is C10H10N2O2. The van der Waals surface area contributed by atoms with Crippen molar-refractivity contribution in [3.8, 4) is 11.4 Å². The second-order valence-corrected chi connectivity index (χ2v) is 3.10. The molecule has 0 saturated carbocycles. The lowest BCUT2D eigenvalue weighted by molar-refractivity contribution is 0.472. The van der Waals surface area contributed by atoms with Crippen LogP contribution in [0.3, 0.4) is 0 Å². The van der Waals surface area contributed by atoms with Crippen LogP contribution in [0.4, 0.5) is 0 Å². The molecule has 0 atom stereocenters. The first kappa shape index (κ1) is 8.62. The molecule has 1 aromatic heterocycles. The maximum Gasteiger partial charge on any atom is 0.330 e. The summed E-state index contributed by atoms with van der Waals surface area (Å²) in [6.07, 6.45) is 1.65. The van der Waals surface area contributed by atoms with E-state index in [-0.39, 0.29) is 11.4 Å². The quantitative estimate of drug-likeness (QED) is 0.709. The molecule has 0 aliphatic heterocycles. The van der Waals surface area contributed by atoms with E-state index in [1.165, 1.54) is 4.57 Å². The number of nitrogens with zero attached hydrogens (tertiary/aromatic N) is 1. The van der Waals surface area contributed by atoms with Gasteiger partial charge < -0.3 is 10.1 Å². The Labute approximate surface area is 80.4 Å². The highest BCUT2D eigenvalue weighted by molar-refractivity contribution is 5.45. The van der Waals surface area contributed by atoms with Gasteiger partial charge in [-0.1, -0.05) is 12.1 Å². The number of para-hydroxylation sites is 2. The molecule has 0 saturated heterocycles. The summed E-state index contributed by atoms with van der Waals surface area (Å²) in [5.74, 6) is 0.0913. The highest BCUT2D eigenvalue weighted by Gasteiger charge is 2.05. The average Bonchev–Trinajstić information content (AvgIpc) is 2.46. The topological polar surface area (TPSA) is 58.0 Å². The molecule has 1 heterocycles. The molecule has 2 rings (SSSR count). The van der Waals surface area contributed by atoms with Gasteiger partial charge in [0.2, 0.25) is 0 Å². The summed E-state index contributed by atoms with van der Waals surface area (Å²) in [5.41, 5.74) is 1.00. The van der Waals surface area contributed by atoms with Crippen molar-refractivity contribution >= 4 is 0 Å². The van der Waals surface area contributed by atoms with Gasteiger partial charge in [0.15, 0.2) is 0 Å². The molecule has 1 aromatic carbocycles. The van der Waals surface area contributed by atoms with E-state index < -0.39 is 0 Å². The summed E-state index contributed by atoms with van der Waals surface area (Å²) in [5, 5.41) is 9.52. The SMILES string of the molecule is Cc1cn(-c2ccccc2O)c(=O)[nH]1. The third-order valence-electron chi connectivity index (χ3n) is 1.99. The van der Waals surface area contributed by atoms with Gasteiger partial charge in [-0.25, -0.2) is 4.79 Å². The number of H-pyrrole nitrogens is 1. The lowest BCUT2D eigenvalue weighted by Crippen LogP contribution is -2.13. The Bertz CT molecular complexity index is 511. The van der Waals surface area contributed by atoms with Crippen molar-refractivity contribution in [2.75, 3.05) is 0 Å². The predicted molar refractivity (Wildman–Crippen MR) is 52.8 cm³/mol. The van der Waals surface area contributed by atoms with Crippen LogP contribution in [0.15, 0.2) is 35.3 Å². The summed E-state index contributed by atoms with van der Waals surface area (Å²) in [7, 11) is 0. The Morgan fingerprint density at radius 3 is 2.64 bits per heavy atom. The van der Waals surface area contributed by atoms with Crippen molar-refractivity contribution in [1.82, 2.24) is 9.55 Å². The van der Waals surface area contributed by atoms with Gasteiger partial charge in [-0.05, 0) is 19.1 Å². The number of aromatic nitrogens is 2. The van der Waals surface area contributed by atoms with Gasteiger partial charge in [-0.15, -0.1) is 0 Å². The molecule has 0 radical (unpaired) electrons. The van der Waals surface area contributed by atoms with Crippen LogP contribution in [0.5, 0.6) is 5.75 Å². The number of hydrogen-bond acceptors (Lipinski definition) is 2. The first-order valence-electron chi connectivity index (χ1n) is 4.25. The van der Waals surface area contributed by atoms with E-state index in [1.807, 2.05) is 0 Å². The van der Waals surface area contributed by atoms with Crippen LogP contribution in [0.25, 0.3) is 5.69 Å². The molecule has 14 heavy (non-hydrogen) atoms. The van der Waals surface area contributed by atoms with Gasteiger partial charge >= 0.3 is 5.69 Å². The van der Waals surface area contributed by atoms with Crippen LogP contribution in [-0.4, -0.2) is 14.7 Å². The average molecular weight is 190 g/mol. The Morgan fingerprint density at radius 1 is 1.36 bits per heavy atom. The molecule has 4 nitrogen and oxygen atoms in total. The van der Waals surface area contributed by atoms with Crippen molar-refractivity contribution in [2.24, 2.45) is 0 Å². The molecule has 2 N–H and O–H groups in total. The van der Waals surface area contributed by atoms with E-state index in [4.69, 9.17) is 0 Å². The molecular weight excluding hydrogens is 180 g/mol. The number of phenols is 1. The molecule has 0 bridgehead atoms. The number of hydrogen-bond donors (Lipinski definition) is 2. The summed E-state index contributed by atoms with van der Waals surface area (Å²) in [6, 6.07) is 6.71. The standard InChI is InChI=1S/C10H10N2O2/c1-7-6-12(10(14)11-7)8-4-2-3-5-9(8)13/h2-6,13H,1H3,(H,11,14).